The fraction of sp³-hybridized carbons (Fsp3) is 0.190. The molecule has 28 heavy (non-hydrogen) atoms. The fourth-order valence-corrected chi connectivity index (χ4v) is 2.79. The molecule has 0 aliphatic carbocycles. The maximum atomic E-state index is 12.1. The van der Waals surface area contributed by atoms with E-state index in [-0.39, 0.29) is 12.3 Å². The lowest BCUT2D eigenvalue weighted by Crippen LogP contribution is -2.12. The maximum absolute atomic E-state index is 12.1. The van der Waals surface area contributed by atoms with Crippen molar-refractivity contribution >= 4 is 29.2 Å². The third-order valence-electron chi connectivity index (χ3n) is 3.94. The van der Waals surface area contributed by atoms with Gasteiger partial charge in [-0.2, -0.15) is 0 Å². The van der Waals surface area contributed by atoms with Gasteiger partial charge in [0, 0.05) is 24.1 Å². The molecule has 0 aliphatic heterocycles. The number of ether oxygens (including phenoxy) is 1. The highest BCUT2D eigenvalue weighted by Gasteiger charge is 2.12. The molecule has 1 aromatic heterocycles. The average molecular weight is 399 g/mol. The average Bonchev–Trinajstić information content (AvgIpc) is 3.16. The quantitative estimate of drug-likeness (QED) is 0.581. The number of rotatable bonds is 7. The molecule has 3 rings (SSSR count). The predicted molar refractivity (Wildman–Crippen MR) is 106 cm³/mol. The highest BCUT2D eigenvalue weighted by molar-refractivity contribution is 6.33. The number of nitrogens with one attached hydrogen (secondary N) is 1. The number of carbonyl (C=O) groups is 2. The molecular formula is C21H19ClN2O4. The topological polar surface area (TPSA) is 81.4 Å². The minimum atomic E-state index is -0.390. The summed E-state index contributed by atoms with van der Waals surface area (Å²) in [6.45, 7) is 2.06. The molecule has 1 N–H and O–H groups in total. The normalized spacial score (nSPS) is 10.5. The first-order chi connectivity index (χ1) is 13.6. The minimum absolute atomic E-state index is 0.179. The summed E-state index contributed by atoms with van der Waals surface area (Å²) in [6, 6.07) is 13.9. The molecular weight excluding hydrogens is 380 g/mol. The van der Waals surface area contributed by atoms with Crippen LogP contribution in [0.2, 0.25) is 5.02 Å². The van der Waals surface area contributed by atoms with Crippen molar-refractivity contribution in [2.24, 2.45) is 0 Å². The van der Waals surface area contributed by atoms with E-state index in [2.05, 4.69) is 10.3 Å². The minimum Gasteiger partial charge on any atom is -0.462 e. The van der Waals surface area contributed by atoms with Crippen LogP contribution in [0.5, 0.6) is 0 Å². The zero-order valence-electron chi connectivity index (χ0n) is 15.3. The largest absolute Gasteiger partial charge is 0.462 e. The first-order valence-electron chi connectivity index (χ1n) is 8.83. The molecule has 0 unspecified atom stereocenters. The molecule has 0 spiro atoms. The third kappa shape index (κ3) is 4.98. The summed E-state index contributed by atoms with van der Waals surface area (Å²) in [7, 11) is 0. The Bertz CT molecular complexity index is 967. The zero-order chi connectivity index (χ0) is 19.9. The Morgan fingerprint density at radius 2 is 1.89 bits per heavy atom. The summed E-state index contributed by atoms with van der Waals surface area (Å²) < 4.78 is 10.6. The van der Waals surface area contributed by atoms with Crippen molar-refractivity contribution in [1.29, 1.82) is 0 Å². The van der Waals surface area contributed by atoms with E-state index in [1.54, 1.807) is 43.5 Å². The summed E-state index contributed by atoms with van der Waals surface area (Å²) in [6.07, 6.45) is 2.17. The van der Waals surface area contributed by atoms with Crippen LogP contribution in [0.1, 0.15) is 29.6 Å². The molecule has 1 amide bonds. The SMILES string of the molecule is CCOC(=O)c1ccc(NC(=O)CCc2ncc(-c3ccccc3Cl)o2)cc1. The first-order valence-corrected chi connectivity index (χ1v) is 9.21. The molecule has 144 valence electrons. The number of esters is 1. The van der Waals surface area contributed by atoms with E-state index in [1.165, 1.54) is 0 Å². The molecule has 3 aromatic rings. The molecule has 1 heterocycles. The van der Waals surface area contributed by atoms with Crippen LogP contribution in [0.15, 0.2) is 59.1 Å². The van der Waals surface area contributed by atoms with Crippen molar-refractivity contribution < 1.29 is 18.7 Å². The van der Waals surface area contributed by atoms with E-state index in [1.807, 2.05) is 18.2 Å². The summed E-state index contributed by atoms with van der Waals surface area (Å²) in [5, 5.41) is 3.35. The second kappa shape index (κ2) is 9.19. The molecule has 7 heteroatoms. The Hall–Kier alpha value is -3.12. The van der Waals surface area contributed by atoms with E-state index >= 15 is 0 Å². The van der Waals surface area contributed by atoms with Gasteiger partial charge >= 0.3 is 5.97 Å². The van der Waals surface area contributed by atoms with Gasteiger partial charge in [0.05, 0.1) is 23.4 Å². The standard InChI is InChI=1S/C21H19ClN2O4/c1-2-27-21(26)14-7-9-15(10-8-14)24-19(25)11-12-20-23-13-18(28-20)16-5-3-4-6-17(16)22/h3-10,13H,2,11-12H2,1H3,(H,24,25). The van der Waals surface area contributed by atoms with Crippen LogP contribution in [-0.2, 0) is 16.0 Å². The van der Waals surface area contributed by atoms with Crippen LogP contribution in [0.4, 0.5) is 5.69 Å². The Labute approximate surface area is 167 Å². The molecule has 0 saturated heterocycles. The lowest BCUT2D eigenvalue weighted by atomic mass is 10.2. The van der Waals surface area contributed by atoms with Gasteiger partial charge in [-0.1, -0.05) is 23.7 Å². The zero-order valence-corrected chi connectivity index (χ0v) is 16.0. The Morgan fingerprint density at radius 1 is 1.14 bits per heavy atom. The Balaban J connectivity index is 1.54. The molecule has 0 aliphatic rings. The summed E-state index contributed by atoms with van der Waals surface area (Å²) in [5.41, 5.74) is 1.79. The number of hydrogen-bond acceptors (Lipinski definition) is 5. The van der Waals surface area contributed by atoms with E-state index in [4.69, 9.17) is 20.8 Å². The fourth-order valence-electron chi connectivity index (χ4n) is 2.56. The van der Waals surface area contributed by atoms with Crippen LogP contribution < -0.4 is 5.32 Å². The van der Waals surface area contributed by atoms with Crippen molar-refractivity contribution in [3.05, 3.63) is 71.2 Å². The summed E-state index contributed by atoms with van der Waals surface area (Å²) >= 11 is 6.15. The molecule has 0 atom stereocenters. The van der Waals surface area contributed by atoms with Crippen LogP contribution >= 0.6 is 11.6 Å². The van der Waals surface area contributed by atoms with Crippen molar-refractivity contribution in [2.45, 2.75) is 19.8 Å². The van der Waals surface area contributed by atoms with Crippen molar-refractivity contribution in [3.8, 4) is 11.3 Å². The van der Waals surface area contributed by atoms with Gasteiger partial charge in [0.2, 0.25) is 5.91 Å². The maximum Gasteiger partial charge on any atom is 0.338 e. The smallest absolute Gasteiger partial charge is 0.338 e. The van der Waals surface area contributed by atoms with Crippen molar-refractivity contribution in [1.82, 2.24) is 4.98 Å². The van der Waals surface area contributed by atoms with E-state index in [0.717, 1.165) is 5.56 Å². The molecule has 2 aromatic carbocycles. The number of anilines is 1. The molecule has 6 nitrogen and oxygen atoms in total. The Kier molecular flexibility index (Phi) is 6.45. The number of aromatic nitrogens is 1. The van der Waals surface area contributed by atoms with Crippen LogP contribution in [0.3, 0.4) is 0 Å². The van der Waals surface area contributed by atoms with Gasteiger partial charge in [0.15, 0.2) is 11.7 Å². The molecule has 0 fully saturated rings. The van der Waals surface area contributed by atoms with Gasteiger partial charge in [-0.25, -0.2) is 9.78 Å². The van der Waals surface area contributed by atoms with Crippen LogP contribution in [-0.4, -0.2) is 23.5 Å². The van der Waals surface area contributed by atoms with Gasteiger partial charge < -0.3 is 14.5 Å². The Morgan fingerprint density at radius 3 is 2.61 bits per heavy atom. The van der Waals surface area contributed by atoms with Gasteiger partial charge in [-0.3, -0.25) is 4.79 Å². The lowest BCUT2D eigenvalue weighted by Gasteiger charge is -2.06. The first kappa shape index (κ1) is 19.6. The van der Waals surface area contributed by atoms with Crippen LogP contribution in [0, 0.1) is 0 Å². The number of hydrogen-bond donors (Lipinski definition) is 1. The number of benzene rings is 2. The molecule has 0 bridgehead atoms. The van der Waals surface area contributed by atoms with Crippen molar-refractivity contribution in [2.75, 3.05) is 11.9 Å². The monoisotopic (exact) mass is 398 g/mol. The van der Waals surface area contributed by atoms with Crippen LogP contribution in [0.25, 0.3) is 11.3 Å². The van der Waals surface area contributed by atoms with Gasteiger partial charge in [0.1, 0.15) is 0 Å². The number of halogens is 1. The molecule has 0 saturated carbocycles. The van der Waals surface area contributed by atoms with E-state index in [9.17, 15) is 9.59 Å². The third-order valence-corrected chi connectivity index (χ3v) is 4.27. The number of amides is 1. The van der Waals surface area contributed by atoms with E-state index < -0.39 is 5.97 Å². The second-order valence-corrected chi connectivity index (χ2v) is 6.35. The molecule has 0 radical (unpaired) electrons. The van der Waals surface area contributed by atoms with Gasteiger partial charge in [-0.05, 0) is 43.3 Å². The highest BCUT2D eigenvalue weighted by Crippen LogP contribution is 2.28. The van der Waals surface area contributed by atoms with Crippen molar-refractivity contribution in [3.63, 3.8) is 0 Å². The summed E-state index contributed by atoms with van der Waals surface area (Å²) in [4.78, 5) is 28.0. The highest BCUT2D eigenvalue weighted by atomic mass is 35.5. The lowest BCUT2D eigenvalue weighted by molar-refractivity contribution is -0.116. The second-order valence-electron chi connectivity index (χ2n) is 5.94. The predicted octanol–water partition coefficient (Wildman–Crippen LogP) is 4.74. The van der Waals surface area contributed by atoms with Gasteiger partial charge in [-0.15, -0.1) is 0 Å². The number of aryl methyl sites for hydroxylation is 1. The van der Waals surface area contributed by atoms with Gasteiger partial charge in [0.25, 0.3) is 0 Å². The number of carbonyl (C=O) groups excluding carboxylic acids is 2. The number of oxazole rings is 1. The number of nitrogens with zero attached hydrogens (tertiary/aromatic N) is 1. The van der Waals surface area contributed by atoms with E-state index in [0.29, 0.717) is 41.0 Å². The summed E-state index contributed by atoms with van der Waals surface area (Å²) in [5.74, 6) is 0.457.